The Hall–Kier alpha value is -1.66. The third-order valence-electron chi connectivity index (χ3n) is 5.42. The quantitative estimate of drug-likeness (QED) is 0.673. The van der Waals surface area contributed by atoms with E-state index in [1.54, 1.807) is 18.9 Å². The summed E-state index contributed by atoms with van der Waals surface area (Å²) in [6, 6.07) is 14.9. The molecule has 29 heavy (non-hydrogen) atoms. The smallest absolute Gasteiger partial charge is 0.153 e. The first-order chi connectivity index (χ1) is 13.5. The van der Waals surface area contributed by atoms with E-state index in [1.807, 2.05) is 24.3 Å². The molecule has 6 heteroatoms. The van der Waals surface area contributed by atoms with Gasteiger partial charge in [-0.05, 0) is 62.1 Å². The van der Waals surface area contributed by atoms with Crippen LogP contribution in [0.15, 0.2) is 53.4 Å². The average Bonchev–Trinajstić information content (AvgIpc) is 3.24. The largest absolute Gasteiger partial charge is 0.497 e. The van der Waals surface area contributed by atoms with Gasteiger partial charge in [0.2, 0.25) is 0 Å². The lowest BCUT2D eigenvalue weighted by Gasteiger charge is -2.27. The topological polar surface area (TPSA) is 41.9 Å². The number of benzene rings is 2. The Morgan fingerprint density at radius 2 is 1.97 bits per heavy atom. The molecule has 2 aliphatic heterocycles. The summed E-state index contributed by atoms with van der Waals surface area (Å²) in [5.74, 6) is 1.82. The van der Waals surface area contributed by atoms with Crippen molar-refractivity contribution >= 4 is 30.2 Å². The molecular weight excluding hydrogens is 406 g/mol. The molecule has 2 heterocycles. The number of methoxy groups -OCH3 is 1. The number of likely N-dealkylation sites (tertiary alicyclic amines) is 1. The van der Waals surface area contributed by atoms with Crippen LogP contribution in [0.1, 0.15) is 43.9 Å². The second kappa shape index (κ2) is 9.00. The number of nitrogens with zero attached hydrogens (tertiary/aromatic N) is 1. The van der Waals surface area contributed by atoms with E-state index in [0.29, 0.717) is 0 Å². The standard InChI is InChI=1S/C23H27NO3S.ClH/c1-23(2)27-21-13-7-17(14-22(21)28-23)20-12-9-18(24(20)15-25)8-4-16-5-10-19(26-3)11-6-16;/h4-8,10-11,13-14,18,20,25H,9,12,15H2,1-3H3;1H. The number of halogens is 1. The summed E-state index contributed by atoms with van der Waals surface area (Å²) in [6.45, 7) is 4.23. The Balaban J connectivity index is 0.00000240. The molecule has 2 aromatic rings. The summed E-state index contributed by atoms with van der Waals surface area (Å²) in [5, 5.41) is 10.1. The van der Waals surface area contributed by atoms with Crippen molar-refractivity contribution in [1.29, 1.82) is 0 Å². The third-order valence-corrected chi connectivity index (χ3v) is 6.53. The van der Waals surface area contributed by atoms with Crippen molar-refractivity contribution in [2.24, 2.45) is 0 Å². The van der Waals surface area contributed by atoms with Gasteiger partial charge in [-0.2, -0.15) is 0 Å². The number of fused-ring (bicyclic) bond motifs is 1. The highest BCUT2D eigenvalue weighted by Gasteiger charge is 2.35. The van der Waals surface area contributed by atoms with E-state index in [0.717, 1.165) is 29.9 Å². The summed E-state index contributed by atoms with van der Waals surface area (Å²) in [7, 11) is 1.67. The van der Waals surface area contributed by atoms with E-state index < -0.39 is 0 Å². The molecule has 1 fully saturated rings. The number of hydrogen-bond acceptors (Lipinski definition) is 5. The summed E-state index contributed by atoms with van der Waals surface area (Å²) < 4.78 is 11.2. The molecule has 4 rings (SSSR count). The monoisotopic (exact) mass is 433 g/mol. The van der Waals surface area contributed by atoms with Crippen LogP contribution in [0.4, 0.5) is 0 Å². The van der Waals surface area contributed by atoms with Crippen molar-refractivity contribution in [3.05, 3.63) is 59.7 Å². The van der Waals surface area contributed by atoms with Crippen LogP contribution in [0.2, 0.25) is 0 Å². The molecule has 1 saturated heterocycles. The Morgan fingerprint density at radius 3 is 2.66 bits per heavy atom. The third kappa shape index (κ3) is 4.75. The van der Waals surface area contributed by atoms with Gasteiger partial charge in [-0.15, -0.1) is 12.4 Å². The molecule has 156 valence electrons. The van der Waals surface area contributed by atoms with Gasteiger partial charge in [0.05, 0.1) is 18.7 Å². The molecule has 1 N–H and O–H groups in total. The van der Waals surface area contributed by atoms with E-state index in [-0.39, 0.29) is 36.2 Å². The predicted octanol–water partition coefficient (Wildman–Crippen LogP) is 5.51. The van der Waals surface area contributed by atoms with E-state index in [9.17, 15) is 5.11 Å². The number of hydrogen-bond donors (Lipinski definition) is 1. The molecule has 2 atom stereocenters. The molecule has 0 bridgehead atoms. The van der Waals surface area contributed by atoms with Crippen molar-refractivity contribution in [1.82, 2.24) is 4.90 Å². The Kier molecular flexibility index (Phi) is 6.84. The van der Waals surface area contributed by atoms with Gasteiger partial charge < -0.3 is 14.6 Å². The number of aliphatic hydroxyl groups is 1. The molecule has 2 unspecified atom stereocenters. The van der Waals surface area contributed by atoms with Crippen LogP contribution < -0.4 is 9.47 Å². The van der Waals surface area contributed by atoms with Crippen LogP contribution >= 0.6 is 24.2 Å². The summed E-state index contributed by atoms with van der Waals surface area (Å²) in [5.41, 5.74) is 2.39. The molecule has 0 saturated carbocycles. The molecular formula is C23H28ClNO3S. The molecule has 2 aliphatic rings. The fourth-order valence-electron chi connectivity index (χ4n) is 4.04. The van der Waals surface area contributed by atoms with Crippen molar-refractivity contribution < 1.29 is 14.6 Å². The van der Waals surface area contributed by atoms with Gasteiger partial charge in [0.25, 0.3) is 0 Å². The van der Waals surface area contributed by atoms with Crippen LogP contribution in [0.25, 0.3) is 6.08 Å². The SMILES string of the molecule is COc1ccc(C=CC2CCC(c3ccc4c(c3)SC(C)(C)O4)N2CO)cc1.Cl. The number of aliphatic hydroxyl groups excluding tert-OH is 1. The second-order valence-corrected chi connectivity index (χ2v) is 9.39. The Bertz CT molecular complexity index is 869. The summed E-state index contributed by atoms with van der Waals surface area (Å²) in [4.78, 5) is 3.15. The van der Waals surface area contributed by atoms with Crippen molar-refractivity contribution in [3.63, 3.8) is 0 Å². The molecule has 0 aromatic heterocycles. The molecule has 0 radical (unpaired) electrons. The first-order valence-electron chi connectivity index (χ1n) is 9.70. The Morgan fingerprint density at radius 1 is 1.21 bits per heavy atom. The fraction of sp³-hybridized carbons (Fsp3) is 0.391. The van der Waals surface area contributed by atoms with Gasteiger partial charge >= 0.3 is 0 Å². The minimum atomic E-state index is -0.211. The van der Waals surface area contributed by atoms with E-state index in [2.05, 4.69) is 49.1 Å². The van der Waals surface area contributed by atoms with Gasteiger partial charge in [0, 0.05) is 12.1 Å². The molecule has 0 amide bonds. The van der Waals surface area contributed by atoms with Crippen LogP contribution in [0.3, 0.4) is 0 Å². The van der Waals surface area contributed by atoms with Crippen molar-refractivity contribution in [3.8, 4) is 11.5 Å². The first-order valence-corrected chi connectivity index (χ1v) is 10.5. The van der Waals surface area contributed by atoms with E-state index in [4.69, 9.17) is 9.47 Å². The zero-order valence-corrected chi connectivity index (χ0v) is 18.6. The van der Waals surface area contributed by atoms with Gasteiger partial charge in [0.15, 0.2) is 4.93 Å². The molecule has 0 spiro atoms. The van der Waals surface area contributed by atoms with Gasteiger partial charge in [-0.3, -0.25) is 4.90 Å². The molecule has 4 nitrogen and oxygen atoms in total. The molecule has 2 aromatic carbocycles. The van der Waals surface area contributed by atoms with Gasteiger partial charge in [0.1, 0.15) is 11.5 Å². The maximum absolute atomic E-state index is 10.1. The van der Waals surface area contributed by atoms with Crippen molar-refractivity contribution in [2.45, 2.75) is 48.6 Å². The zero-order valence-electron chi connectivity index (χ0n) is 17.0. The van der Waals surface area contributed by atoms with Crippen LogP contribution in [0, 0.1) is 0 Å². The first kappa shape index (κ1) is 22.0. The maximum atomic E-state index is 10.1. The summed E-state index contributed by atoms with van der Waals surface area (Å²) >= 11 is 1.76. The lowest BCUT2D eigenvalue weighted by molar-refractivity contribution is 0.0765. The second-order valence-electron chi connectivity index (χ2n) is 7.76. The van der Waals surface area contributed by atoms with Crippen LogP contribution in [-0.4, -0.2) is 34.8 Å². The van der Waals surface area contributed by atoms with Crippen molar-refractivity contribution in [2.75, 3.05) is 13.8 Å². The number of rotatable bonds is 5. The minimum absolute atomic E-state index is 0. The average molecular weight is 434 g/mol. The number of thioether (sulfide) groups is 1. The lowest BCUT2D eigenvalue weighted by Crippen LogP contribution is -2.31. The molecule has 0 aliphatic carbocycles. The van der Waals surface area contributed by atoms with Gasteiger partial charge in [-0.25, -0.2) is 0 Å². The maximum Gasteiger partial charge on any atom is 0.153 e. The van der Waals surface area contributed by atoms with Crippen LogP contribution in [0.5, 0.6) is 11.5 Å². The normalized spacial score (nSPS) is 22.9. The lowest BCUT2D eigenvalue weighted by atomic mass is 10.0. The van der Waals surface area contributed by atoms with Gasteiger partial charge in [-0.1, -0.05) is 42.1 Å². The highest BCUT2D eigenvalue weighted by Crippen LogP contribution is 2.49. The predicted molar refractivity (Wildman–Crippen MR) is 121 cm³/mol. The van der Waals surface area contributed by atoms with E-state index >= 15 is 0 Å². The minimum Gasteiger partial charge on any atom is -0.497 e. The summed E-state index contributed by atoms with van der Waals surface area (Å²) in [6.07, 6.45) is 6.40. The van der Waals surface area contributed by atoms with Crippen LogP contribution in [-0.2, 0) is 0 Å². The van der Waals surface area contributed by atoms with E-state index in [1.165, 1.54) is 10.5 Å². The highest BCUT2D eigenvalue weighted by atomic mass is 35.5. The zero-order chi connectivity index (χ0) is 19.7. The number of ether oxygens (including phenoxy) is 2. The fourth-order valence-corrected chi connectivity index (χ4v) is 5.11. The Labute approximate surface area is 183 Å². The highest BCUT2D eigenvalue weighted by molar-refractivity contribution is 8.00.